The average Bonchev–Trinajstić information content (AvgIpc) is 2.96. The van der Waals surface area contributed by atoms with E-state index < -0.39 is 6.10 Å². The van der Waals surface area contributed by atoms with E-state index in [0.29, 0.717) is 12.1 Å². The third kappa shape index (κ3) is 5.57. The minimum Gasteiger partial charge on any atom is -0.390 e. The van der Waals surface area contributed by atoms with Crippen molar-refractivity contribution in [1.29, 1.82) is 0 Å². The largest absolute Gasteiger partial charge is 0.390 e. The van der Waals surface area contributed by atoms with E-state index in [1.54, 1.807) is 17.1 Å². The van der Waals surface area contributed by atoms with Crippen molar-refractivity contribution in [2.45, 2.75) is 26.0 Å². The number of aromatic nitrogens is 2. The Balaban J connectivity index is 0.00000242. The number of aliphatic hydroxyl groups is 1. The maximum atomic E-state index is 12.0. The van der Waals surface area contributed by atoms with Gasteiger partial charge in [-0.2, -0.15) is 5.10 Å². The fourth-order valence-electron chi connectivity index (χ4n) is 2.31. The molecule has 0 spiro atoms. The smallest absolute Gasteiger partial charge is 0.254 e. The number of nitrogens with zero attached hydrogens (tertiary/aromatic N) is 3. The van der Waals surface area contributed by atoms with Gasteiger partial charge in [0.2, 0.25) is 0 Å². The van der Waals surface area contributed by atoms with Crippen molar-refractivity contribution in [3.05, 3.63) is 18.0 Å². The van der Waals surface area contributed by atoms with Crippen LogP contribution in [0.4, 0.5) is 0 Å². The summed E-state index contributed by atoms with van der Waals surface area (Å²) in [5, 5.41) is 20.2. The van der Waals surface area contributed by atoms with Crippen LogP contribution in [-0.2, 0) is 0 Å². The SMILES string of the molecule is CC(C)n1cc(C(=O)NCC(O)CN2CCNCC2)cn1.Cl. The van der Waals surface area contributed by atoms with E-state index in [-0.39, 0.29) is 30.9 Å². The van der Waals surface area contributed by atoms with Gasteiger partial charge in [-0.1, -0.05) is 0 Å². The lowest BCUT2D eigenvalue weighted by molar-refractivity contribution is 0.0842. The summed E-state index contributed by atoms with van der Waals surface area (Å²) in [4.78, 5) is 14.2. The molecule has 0 bridgehead atoms. The van der Waals surface area contributed by atoms with Gasteiger partial charge in [-0.05, 0) is 13.8 Å². The van der Waals surface area contributed by atoms with Crippen molar-refractivity contribution in [2.24, 2.45) is 0 Å². The highest BCUT2D eigenvalue weighted by atomic mass is 35.5. The van der Waals surface area contributed by atoms with Gasteiger partial charge in [0.15, 0.2) is 0 Å². The summed E-state index contributed by atoms with van der Waals surface area (Å²) < 4.78 is 1.74. The Morgan fingerprint density at radius 1 is 1.45 bits per heavy atom. The molecule has 1 aliphatic heterocycles. The third-order valence-electron chi connectivity index (χ3n) is 3.57. The average molecular weight is 332 g/mol. The maximum Gasteiger partial charge on any atom is 0.254 e. The summed E-state index contributed by atoms with van der Waals surface area (Å²) in [5.41, 5.74) is 0.526. The molecule has 2 rings (SSSR count). The van der Waals surface area contributed by atoms with Crippen LogP contribution in [0.3, 0.4) is 0 Å². The second-order valence-electron chi connectivity index (χ2n) is 5.72. The first-order chi connectivity index (χ1) is 10.1. The van der Waals surface area contributed by atoms with E-state index in [0.717, 1.165) is 26.2 Å². The van der Waals surface area contributed by atoms with E-state index in [9.17, 15) is 9.90 Å². The number of aliphatic hydroxyl groups excluding tert-OH is 1. The summed E-state index contributed by atoms with van der Waals surface area (Å²) in [6.07, 6.45) is 2.73. The zero-order valence-electron chi connectivity index (χ0n) is 13.2. The molecule has 22 heavy (non-hydrogen) atoms. The van der Waals surface area contributed by atoms with Crippen LogP contribution in [0.25, 0.3) is 0 Å². The quantitative estimate of drug-likeness (QED) is 0.677. The summed E-state index contributed by atoms with van der Waals surface area (Å²) in [6.45, 7) is 8.64. The molecule has 0 saturated carbocycles. The number of hydrogen-bond acceptors (Lipinski definition) is 5. The highest BCUT2D eigenvalue weighted by Crippen LogP contribution is 2.05. The molecule has 8 heteroatoms. The first-order valence-electron chi connectivity index (χ1n) is 7.49. The number of amides is 1. The Labute approximate surface area is 137 Å². The van der Waals surface area contributed by atoms with Gasteiger partial charge in [0, 0.05) is 51.5 Å². The molecular weight excluding hydrogens is 306 g/mol. The van der Waals surface area contributed by atoms with Crippen LogP contribution in [0.2, 0.25) is 0 Å². The maximum absolute atomic E-state index is 12.0. The summed E-state index contributed by atoms with van der Waals surface area (Å²) in [6, 6.07) is 0.227. The minimum atomic E-state index is -0.549. The van der Waals surface area contributed by atoms with E-state index in [1.165, 1.54) is 0 Å². The lowest BCUT2D eigenvalue weighted by Gasteiger charge is -2.29. The number of hydrogen-bond donors (Lipinski definition) is 3. The molecule has 1 aliphatic rings. The van der Waals surface area contributed by atoms with Crippen LogP contribution in [-0.4, -0.2) is 71.1 Å². The van der Waals surface area contributed by atoms with Crippen LogP contribution < -0.4 is 10.6 Å². The van der Waals surface area contributed by atoms with Crippen LogP contribution in [0.15, 0.2) is 12.4 Å². The standard InChI is InChI=1S/C14H25N5O2.ClH/c1-11(2)19-9-12(7-17-19)14(21)16-8-13(20)10-18-5-3-15-4-6-18;/h7,9,11,13,15,20H,3-6,8,10H2,1-2H3,(H,16,21);1H. The molecule has 1 unspecified atom stereocenters. The summed E-state index contributed by atoms with van der Waals surface area (Å²) >= 11 is 0. The fourth-order valence-corrected chi connectivity index (χ4v) is 2.31. The van der Waals surface area contributed by atoms with Crippen LogP contribution in [0.1, 0.15) is 30.2 Å². The lowest BCUT2D eigenvalue weighted by Crippen LogP contribution is -2.48. The molecular formula is C14H26ClN5O2. The minimum absolute atomic E-state index is 0. The van der Waals surface area contributed by atoms with Gasteiger partial charge in [0.1, 0.15) is 0 Å². The molecule has 1 saturated heterocycles. The van der Waals surface area contributed by atoms with Gasteiger partial charge in [-0.3, -0.25) is 14.4 Å². The lowest BCUT2D eigenvalue weighted by atomic mass is 10.2. The number of β-amino-alcohol motifs (C(OH)–C–C–N with tert-alkyl or cyclic N) is 1. The molecule has 7 nitrogen and oxygen atoms in total. The Bertz CT molecular complexity index is 460. The van der Waals surface area contributed by atoms with E-state index in [4.69, 9.17) is 0 Å². The van der Waals surface area contributed by atoms with Crippen molar-refractivity contribution in [2.75, 3.05) is 39.3 Å². The number of nitrogens with one attached hydrogen (secondary N) is 2. The molecule has 0 radical (unpaired) electrons. The highest BCUT2D eigenvalue weighted by Gasteiger charge is 2.16. The third-order valence-corrected chi connectivity index (χ3v) is 3.57. The molecule has 3 N–H and O–H groups in total. The molecule has 1 fully saturated rings. The number of rotatable bonds is 6. The van der Waals surface area contributed by atoms with E-state index in [2.05, 4.69) is 20.6 Å². The molecule has 2 heterocycles. The Morgan fingerprint density at radius 3 is 2.73 bits per heavy atom. The second-order valence-corrected chi connectivity index (χ2v) is 5.72. The van der Waals surface area contributed by atoms with Gasteiger partial charge in [-0.25, -0.2) is 0 Å². The Kier molecular flexibility index (Phi) is 7.81. The topological polar surface area (TPSA) is 82.4 Å². The number of halogens is 1. The van der Waals surface area contributed by atoms with Crippen LogP contribution >= 0.6 is 12.4 Å². The molecule has 1 atom stereocenters. The number of piperazine rings is 1. The van der Waals surface area contributed by atoms with Crippen molar-refractivity contribution in [1.82, 2.24) is 25.3 Å². The van der Waals surface area contributed by atoms with Crippen molar-refractivity contribution in [3.63, 3.8) is 0 Å². The zero-order valence-corrected chi connectivity index (χ0v) is 14.0. The van der Waals surface area contributed by atoms with Crippen molar-refractivity contribution >= 4 is 18.3 Å². The first-order valence-corrected chi connectivity index (χ1v) is 7.49. The predicted octanol–water partition coefficient (Wildman–Crippen LogP) is -0.118. The van der Waals surface area contributed by atoms with E-state index >= 15 is 0 Å². The fraction of sp³-hybridized carbons (Fsp3) is 0.714. The normalized spacial score (nSPS) is 17.1. The molecule has 1 amide bonds. The van der Waals surface area contributed by atoms with Gasteiger partial charge >= 0.3 is 0 Å². The van der Waals surface area contributed by atoms with Gasteiger partial charge in [0.25, 0.3) is 5.91 Å². The number of carbonyl (C=O) groups excluding carboxylic acids is 1. The second kappa shape index (κ2) is 9.09. The predicted molar refractivity (Wildman–Crippen MR) is 87.5 cm³/mol. The molecule has 1 aromatic heterocycles. The molecule has 0 aromatic carbocycles. The zero-order chi connectivity index (χ0) is 15.2. The Morgan fingerprint density at radius 2 is 2.14 bits per heavy atom. The van der Waals surface area contributed by atoms with Gasteiger partial charge in [0.05, 0.1) is 17.9 Å². The summed E-state index contributed by atoms with van der Waals surface area (Å²) in [7, 11) is 0. The first kappa shape index (κ1) is 18.9. The van der Waals surface area contributed by atoms with E-state index in [1.807, 2.05) is 13.8 Å². The summed E-state index contributed by atoms with van der Waals surface area (Å²) in [5.74, 6) is -0.193. The molecule has 126 valence electrons. The highest BCUT2D eigenvalue weighted by molar-refractivity contribution is 5.93. The van der Waals surface area contributed by atoms with Gasteiger partial charge in [-0.15, -0.1) is 12.4 Å². The van der Waals surface area contributed by atoms with Crippen LogP contribution in [0, 0.1) is 0 Å². The van der Waals surface area contributed by atoms with Crippen molar-refractivity contribution in [3.8, 4) is 0 Å². The van der Waals surface area contributed by atoms with Crippen LogP contribution in [0.5, 0.6) is 0 Å². The Hall–Kier alpha value is -1.15. The van der Waals surface area contributed by atoms with Gasteiger partial charge < -0.3 is 15.7 Å². The monoisotopic (exact) mass is 331 g/mol. The van der Waals surface area contributed by atoms with Crippen molar-refractivity contribution < 1.29 is 9.90 Å². The number of carbonyl (C=O) groups is 1. The molecule has 1 aromatic rings. The molecule has 0 aliphatic carbocycles.